The molecular weight excluding hydrogens is 488 g/mol. The van der Waals surface area contributed by atoms with Crippen LogP contribution in [-0.4, -0.2) is 11.6 Å². The molecule has 0 amide bonds. The van der Waals surface area contributed by atoms with Gasteiger partial charge in [-0.1, -0.05) is 100 Å². The van der Waals surface area contributed by atoms with E-state index in [2.05, 4.69) is 88.4 Å². The van der Waals surface area contributed by atoms with Gasteiger partial charge in [-0.25, -0.2) is 0 Å². The van der Waals surface area contributed by atoms with Crippen molar-refractivity contribution in [1.29, 1.82) is 0 Å². The molecule has 0 bridgehead atoms. The summed E-state index contributed by atoms with van der Waals surface area (Å²) in [5, 5.41) is 7.52. The monoisotopic (exact) mass is 516 g/mol. The number of hydrogen-bond acceptors (Lipinski definition) is 2. The van der Waals surface area contributed by atoms with Crippen LogP contribution in [-0.2, 0) is 10.8 Å². The van der Waals surface area contributed by atoms with Gasteiger partial charge in [-0.3, -0.25) is 9.59 Å². The Morgan fingerprint density at radius 3 is 1.05 bits per heavy atom. The fourth-order valence-corrected chi connectivity index (χ4v) is 7.45. The topological polar surface area (TPSA) is 34.1 Å². The van der Waals surface area contributed by atoms with Gasteiger partial charge in [0, 0.05) is 33.1 Å². The van der Waals surface area contributed by atoms with Gasteiger partial charge in [0.1, 0.15) is 0 Å². The molecule has 0 heterocycles. The van der Waals surface area contributed by atoms with E-state index in [9.17, 15) is 9.59 Å². The maximum absolute atomic E-state index is 13.7. The quantitative estimate of drug-likeness (QED) is 0.189. The number of ketones is 2. The molecule has 2 aliphatic rings. The Morgan fingerprint density at radius 1 is 0.375 bits per heavy atom. The number of carbonyl (C=O) groups is 2. The van der Waals surface area contributed by atoms with Crippen LogP contribution in [0.5, 0.6) is 0 Å². The normalized spacial score (nSPS) is 16.5. The molecule has 40 heavy (non-hydrogen) atoms. The Morgan fingerprint density at radius 2 is 0.675 bits per heavy atom. The number of fused-ring (bicyclic) bond motifs is 10. The second kappa shape index (κ2) is 7.55. The highest BCUT2D eigenvalue weighted by atomic mass is 16.1. The molecule has 0 unspecified atom stereocenters. The van der Waals surface area contributed by atoms with E-state index in [-0.39, 0.29) is 22.4 Å². The first-order valence-corrected chi connectivity index (χ1v) is 13.9. The standard InChI is InChI=1S/C38H28O2/c1-37(2)31-17-27-23-13-7-5-11-21(23)22-12-6-8-14-24(22)28(27)18-32(31)38(3,4)34-20-30-29(19-33(34)37)35(39)25-15-9-10-16-26(25)36(30)40/h5-20H,1-4H3. The first-order valence-electron chi connectivity index (χ1n) is 13.9. The van der Waals surface area contributed by atoms with Crippen LogP contribution < -0.4 is 0 Å². The molecule has 0 atom stereocenters. The Hall–Kier alpha value is -4.56. The SMILES string of the molecule is CC1(C)c2cc3c(cc2C(C)(C)c2cc4c5ccccc5c5ccccc5c4cc21)C(=O)c1ccccc1C3=O. The van der Waals surface area contributed by atoms with E-state index in [0.29, 0.717) is 22.3 Å². The summed E-state index contributed by atoms with van der Waals surface area (Å²) in [6.07, 6.45) is 0. The molecule has 0 aromatic heterocycles. The van der Waals surface area contributed by atoms with Crippen LogP contribution in [0.15, 0.2) is 97.1 Å². The van der Waals surface area contributed by atoms with Gasteiger partial charge in [0.05, 0.1) is 0 Å². The zero-order chi connectivity index (χ0) is 27.6. The molecule has 0 saturated carbocycles. The number of hydrogen-bond donors (Lipinski definition) is 0. The second-order valence-electron chi connectivity index (χ2n) is 12.4. The lowest BCUT2D eigenvalue weighted by Gasteiger charge is -2.45. The highest BCUT2D eigenvalue weighted by Crippen LogP contribution is 2.53. The van der Waals surface area contributed by atoms with Crippen molar-refractivity contribution in [2.24, 2.45) is 0 Å². The van der Waals surface area contributed by atoms with Crippen molar-refractivity contribution < 1.29 is 9.59 Å². The third kappa shape index (κ3) is 2.78. The maximum Gasteiger partial charge on any atom is 0.194 e. The Labute approximate surface area is 233 Å². The molecule has 0 fully saturated rings. The van der Waals surface area contributed by atoms with Gasteiger partial charge in [-0.05, 0) is 78.8 Å². The third-order valence-electron chi connectivity index (χ3n) is 9.64. The first-order chi connectivity index (χ1) is 19.2. The van der Waals surface area contributed by atoms with E-state index in [4.69, 9.17) is 0 Å². The van der Waals surface area contributed by atoms with Gasteiger partial charge in [0.25, 0.3) is 0 Å². The summed E-state index contributed by atoms with van der Waals surface area (Å²) in [6, 6.07) is 33.4. The summed E-state index contributed by atoms with van der Waals surface area (Å²) < 4.78 is 0. The molecule has 8 rings (SSSR count). The Balaban J connectivity index is 1.47. The van der Waals surface area contributed by atoms with Crippen molar-refractivity contribution in [1.82, 2.24) is 0 Å². The average molecular weight is 517 g/mol. The summed E-state index contributed by atoms with van der Waals surface area (Å²) >= 11 is 0. The smallest absolute Gasteiger partial charge is 0.194 e. The number of benzene rings is 6. The largest absolute Gasteiger partial charge is 0.289 e. The minimum absolute atomic E-state index is 0.0663. The van der Waals surface area contributed by atoms with Crippen LogP contribution in [0.3, 0.4) is 0 Å². The van der Waals surface area contributed by atoms with E-state index in [1.165, 1.54) is 43.4 Å². The fraction of sp³-hybridized carbons (Fsp3) is 0.158. The summed E-state index contributed by atoms with van der Waals surface area (Å²) in [7, 11) is 0. The van der Waals surface area contributed by atoms with Crippen LogP contribution in [0.2, 0.25) is 0 Å². The zero-order valence-electron chi connectivity index (χ0n) is 23.1. The Bertz CT molecular complexity index is 1990. The lowest BCUT2D eigenvalue weighted by atomic mass is 9.58. The van der Waals surface area contributed by atoms with Crippen LogP contribution in [0.4, 0.5) is 0 Å². The van der Waals surface area contributed by atoms with E-state index < -0.39 is 0 Å². The van der Waals surface area contributed by atoms with Crippen LogP contribution in [0, 0.1) is 0 Å². The third-order valence-corrected chi connectivity index (χ3v) is 9.64. The van der Waals surface area contributed by atoms with Crippen molar-refractivity contribution in [3.8, 4) is 0 Å². The fourth-order valence-electron chi connectivity index (χ4n) is 7.45. The first kappa shape index (κ1) is 23.3. The molecule has 0 N–H and O–H groups in total. The van der Waals surface area contributed by atoms with Crippen molar-refractivity contribution in [2.75, 3.05) is 0 Å². The molecule has 2 aliphatic carbocycles. The van der Waals surface area contributed by atoms with Gasteiger partial charge >= 0.3 is 0 Å². The van der Waals surface area contributed by atoms with Crippen LogP contribution in [0.25, 0.3) is 32.3 Å². The Kier molecular flexibility index (Phi) is 4.40. The maximum atomic E-state index is 13.7. The van der Waals surface area contributed by atoms with Crippen molar-refractivity contribution in [3.63, 3.8) is 0 Å². The van der Waals surface area contributed by atoms with Gasteiger partial charge < -0.3 is 0 Å². The van der Waals surface area contributed by atoms with Gasteiger partial charge in [0.15, 0.2) is 11.6 Å². The van der Waals surface area contributed by atoms with Gasteiger partial charge in [-0.2, -0.15) is 0 Å². The summed E-state index contributed by atoms with van der Waals surface area (Å²) in [5.41, 5.74) is 6.09. The molecule has 2 nitrogen and oxygen atoms in total. The van der Waals surface area contributed by atoms with Crippen molar-refractivity contribution >= 4 is 43.9 Å². The minimum atomic E-state index is -0.365. The molecular formula is C38H28O2. The van der Waals surface area contributed by atoms with Gasteiger partial charge in [-0.15, -0.1) is 0 Å². The molecule has 6 aromatic rings. The summed E-state index contributed by atoms with van der Waals surface area (Å²) in [5.74, 6) is -0.133. The van der Waals surface area contributed by atoms with E-state index in [0.717, 1.165) is 11.1 Å². The molecule has 0 saturated heterocycles. The highest BCUT2D eigenvalue weighted by molar-refractivity contribution is 6.29. The zero-order valence-corrected chi connectivity index (χ0v) is 23.1. The number of rotatable bonds is 0. The molecule has 192 valence electrons. The molecule has 2 heteroatoms. The van der Waals surface area contributed by atoms with E-state index in [1.54, 1.807) is 12.1 Å². The van der Waals surface area contributed by atoms with Crippen LogP contribution in [0.1, 0.15) is 81.8 Å². The lowest BCUT2D eigenvalue weighted by Crippen LogP contribution is -2.38. The molecule has 0 radical (unpaired) electrons. The molecule has 0 spiro atoms. The predicted octanol–water partition coefficient (Wildman–Crippen LogP) is 8.89. The van der Waals surface area contributed by atoms with Crippen molar-refractivity contribution in [3.05, 3.63) is 142 Å². The summed E-state index contributed by atoms with van der Waals surface area (Å²) in [4.78, 5) is 27.3. The molecule has 0 aliphatic heterocycles. The summed E-state index contributed by atoms with van der Waals surface area (Å²) in [6.45, 7) is 9.02. The van der Waals surface area contributed by atoms with Crippen molar-refractivity contribution in [2.45, 2.75) is 38.5 Å². The highest BCUT2D eigenvalue weighted by Gasteiger charge is 2.44. The van der Waals surface area contributed by atoms with E-state index in [1.807, 2.05) is 24.3 Å². The van der Waals surface area contributed by atoms with Crippen LogP contribution >= 0.6 is 0 Å². The lowest BCUT2D eigenvalue weighted by molar-refractivity contribution is 0.0978. The minimum Gasteiger partial charge on any atom is -0.289 e. The number of carbonyl (C=O) groups excluding carboxylic acids is 2. The predicted molar refractivity (Wildman–Crippen MR) is 163 cm³/mol. The van der Waals surface area contributed by atoms with E-state index >= 15 is 0 Å². The van der Waals surface area contributed by atoms with Gasteiger partial charge in [0.2, 0.25) is 0 Å². The second-order valence-corrected chi connectivity index (χ2v) is 12.4. The molecule has 6 aromatic carbocycles. The average Bonchev–Trinajstić information content (AvgIpc) is 2.98.